The van der Waals surface area contributed by atoms with Crippen molar-refractivity contribution in [3.05, 3.63) is 69.5 Å². The molecule has 21 heavy (non-hydrogen) atoms. The molecule has 0 fully saturated rings. The first-order valence-electron chi connectivity index (χ1n) is 6.49. The Kier molecular flexibility index (Phi) is 5.21. The number of hydrogen-bond acceptors (Lipinski definition) is 1. The van der Waals surface area contributed by atoms with Crippen molar-refractivity contribution in [2.24, 2.45) is 0 Å². The van der Waals surface area contributed by atoms with E-state index in [9.17, 15) is 9.18 Å². The van der Waals surface area contributed by atoms with Crippen LogP contribution in [0.25, 0.3) is 0 Å². The summed E-state index contributed by atoms with van der Waals surface area (Å²) in [4.78, 5) is 14.1. The van der Waals surface area contributed by atoms with Crippen LogP contribution >= 0.6 is 23.2 Å². The molecule has 110 valence electrons. The van der Waals surface area contributed by atoms with Crippen molar-refractivity contribution in [3.63, 3.8) is 0 Å². The van der Waals surface area contributed by atoms with Crippen LogP contribution in [-0.4, -0.2) is 17.4 Å². The average Bonchev–Trinajstić information content (AvgIpc) is 2.43. The fraction of sp³-hybridized carbons (Fsp3) is 0.188. The van der Waals surface area contributed by atoms with Crippen molar-refractivity contribution < 1.29 is 9.18 Å². The minimum atomic E-state index is -0.318. The minimum Gasteiger partial charge on any atom is -0.335 e. The molecule has 0 heterocycles. The number of carbonyl (C=O) groups is 1. The van der Waals surface area contributed by atoms with E-state index in [0.29, 0.717) is 28.7 Å². The predicted octanol–water partition coefficient (Wildman–Crippen LogP) is 4.79. The highest BCUT2D eigenvalue weighted by Crippen LogP contribution is 2.21. The molecule has 0 aliphatic rings. The number of amides is 1. The molecular formula is C16H14Cl2FNO. The van der Waals surface area contributed by atoms with E-state index in [4.69, 9.17) is 23.2 Å². The normalized spacial score (nSPS) is 10.5. The predicted molar refractivity (Wildman–Crippen MR) is 83.3 cm³/mol. The maximum atomic E-state index is 13.2. The summed E-state index contributed by atoms with van der Waals surface area (Å²) in [5.41, 5.74) is 1.16. The molecule has 1 amide bonds. The molecule has 2 nitrogen and oxygen atoms in total. The Balaban J connectivity index is 2.22. The second-order valence-corrected chi connectivity index (χ2v) is 5.48. The SMILES string of the molecule is CCN(Cc1cccc(F)c1)C(=O)c1cc(Cl)cc(Cl)c1. The van der Waals surface area contributed by atoms with E-state index >= 15 is 0 Å². The summed E-state index contributed by atoms with van der Waals surface area (Å²) in [6.45, 7) is 2.69. The number of hydrogen-bond donors (Lipinski definition) is 0. The van der Waals surface area contributed by atoms with E-state index < -0.39 is 0 Å². The zero-order valence-corrected chi connectivity index (χ0v) is 13.0. The Hall–Kier alpha value is -1.58. The zero-order chi connectivity index (χ0) is 15.4. The molecule has 0 saturated heterocycles. The van der Waals surface area contributed by atoms with Crippen molar-refractivity contribution >= 4 is 29.1 Å². The molecule has 0 aromatic heterocycles. The van der Waals surface area contributed by atoms with Gasteiger partial charge in [-0.3, -0.25) is 4.79 Å². The second-order valence-electron chi connectivity index (χ2n) is 4.61. The van der Waals surface area contributed by atoms with Crippen molar-refractivity contribution in [3.8, 4) is 0 Å². The molecule has 0 atom stereocenters. The van der Waals surface area contributed by atoms with Crippen LogP contribution < -0.4 is 0 Å². The van der Waals surface area contributed by atoms with Crippen LogP contribution in [-0.2, 0) is 6.54 Å². The van der Waals surface area contributed by atoms with E-state index in [0.717, 1.165) is 5.56 Å². The highest BCUT2D eigenvalue weighted by molar-refractivity contribution is 6.35. The van der Waals surface area contributed by atoms with Crippen LogP contribution in [0.5, 0.6) is 0 Å². The first-order chi connectivity index (χ1) is 9.99. The van der Waals surface area contributed by atoms with Gasteiger partial charge in [0.1, 0.15) is 5.82 Å². The Labute approximate surface area is 133 Å². The van der Waals surface area contributed by atoms with E-state index in [1.807, 2.05) is 6.92 Å². The van der Waals surface area contributed by atoms with Crippen molar-refractivity contribution in [1.29, 1.82) is 0 Å². The lowest BCUT2D eigenvalue weighted by Crippen LogP contribution is -2.30. The summed E-state index contributed by atoms with van der Waals surface area (Å²) in [5.74, 6) is -0.507. The van der Waals surface area contributed by atoms with Gasteiger partial charge in [-0.05, 0) is 42.8 Å². The Bertz CT molecular complexity index is 640. The van der Waals surface area contributed by atoms with E-state index in [1.165, 1.54) is 12.1 Å². The fourth-order valence-electron chi connectivity index (χ4n) is 2.04. The van der Waals surface area contributed by atoms with Crippen LogP contribution in [0.3, 0.4) is 0 Å². The Morgan fingerprint density at radius 2 is 1.81 bits per heavy atom. The topological polar surface area (TPSA) is 20.3 Å². The number of nitrogens with zero attached hydrogens (tertiary/aromatic N) is 1. The Morgan fingerprint density at radius 1 is 1.14 bits per heavy atom. The molecular weight excluding hydrogens is 312 g/mol. The van der Waals surface area contributed by atoms with E-state index in [-0.39, 0.29) is 11.7 Å². The van der Waals surface area contributed by atoms with Gasteiger partial charge in [0.25, 0.3) is 5.91 Å². The molecule has 0 radical (unpaired) electrons. The molecule has 5 heteroatoms. The van der Waals surface area contributed by atoms with Crippen LogP contribution in [0.4, 0.5) is 4.39 Å². The lowest BCUT2D eigenvalue weighted by molar-refractivity contribution is 0.0752. The second kappa shape index (κ2) is 6.92. The van der Waals surface area contributed by atoms with Gasteiger partial charge in [0.15, 0.2) is 0 Å². The molecule has 0 saturated carbocycles. The summed E-state index contributed by atoms with van der Waals surface area (Å²) < 4.78 is 13.2. The van der Waals surface area contributed by atoms with Gasteiger partial charge in [0.2, 0.25) is 0 Å². The molecule has 2 aromatic rings. The standard InChI is InChI=1S/C16H14Cl2FNO/c1-2-20(10-11-4-3-5-15(19)6-11)16(21)12-7-13(17)9-14(18)8-12/h3-9H,2,10H2,1H3. The van der Waals surface area contributed by atoms with Crippen LogP contribution in [0.1, 0.15) is 22.8 Å². The summed E-state index contributed by atoms with van der Waals surface area (Å²) in [6.07, 6.45) is 0. The summed E-state index contributed by atoms with van der Waals surface area (Å²) in [5, 5.41) is 0.820. The third-order valence-corrected chi connectivity index (χ3v) is 3.48. The van der Waals surface area contributed by atoms with Gasteiger partial charge in [-0.1, -0.05) is 35.3 Å². The van der Waals surface area contributed by atoms with Gasteiger partial charge >= 0.3 is 0 Å². The maximum Gasteiger partial charge on any atom is 0.254 e. The van der Waals surface area contributed by atoms with Crippen LogP contribution in [0.2, 0.25) is 10.0 Å². The molecule has 0 N–H and O–H groups in total. The van der Waals surface area contributed by atoms with Crippen LogP contribution in [0.15, 0.2) is 42.5 Å². The molecule has 0 unspecified atom stereocenters. The van der Waals surface area contributed by atoms with Gasteiger partial charge in [0.05, 0.1) is 0 Å². The molecule has 0 spiro atoms. The quantitative estimate of drug-likeness (QED) is 0.791. The molecule has 0 aliphatic carbocycles. The van der Waals surface area contributed by atoms with Gasteiger partial charge < -0.3 is 4.90 Å². The third kappa shape index (κ3) is 4.19. The Morgan fingerprint density at radius 3 is 2.38 bits per heavy atom. The summed E-state index contributed by atoms with van der Waals surface area (Å²) in [7, 11) is 0. The van der Waals surface area contributed by atoms with Crippen molar-refractivity contribution in [2.45, 2.75) is 13.5 Å². The van der Waals surface area contributed by atoms with Gasteiger partial charge in [-0.2, -0.15) is 0 Å². The lowest BCUT2D eigenvalue weighted by Gasteiger charge is -2.21. The van der Waals surface area contributed by atoms with E-state index in [1.54, 1.807) is 35.2 Å². The first kappa shape index (κ1) is 15.8. The van der Waals surface area contributed by atoms with Crippen molar-refractivity contribution in [1.82, 2.24) is 4.90 Å². The monoisotopic (exact) mass is 325 g/mol. The molecule has 2 aromatic carbocycles. The van der Waals surface area contributed by atoms with Crippen molar-refractivity contribution in [2.75, 3.05) is 6.54 Å². The summed E-state index contributed by atoms with van der Waals surface area (Å²) in [6, 6.07) is 10.9. The lowest BCUT2D eigenvalue weighted by atomic mass is 10.1. The number of rotatable bonds is 4. The maximum absolute atomic E-state index is 13.2. The smallest absolute Gasteiger partial charge is 0.254 e. The van der Waals surface area contributed by atoms with Gasteiger partial charge in [-0.15, -0.1) is 0 Å². The van der Waals surface area contributed by atoms with E-state index in [2.05, 4.69) is 0 Å². The largest absolute Gasteiger partial charge is 0.335 e. The van der Waals surface area contributed by atoms with Gasteiger partial charge in [0, 0.05) is 28.7 Å². The first-order valence-corrected chi connectivity index (χ1v) is 7.25. The fourth-order valence-corrected chi connectivity index (χ4v) is 2.57. The third-order valence-electron chi connectivity index (χ3n) is 3.04. The zero-order valence-electron chi connectivity index (χ0n) is 11.4. The highest BCUT2D eigenvalue weighted by Gasteiger charge is 2.16. The highest BCUT2D eigenvalue weighted by atomic mass is 35.5. The molecule has 0 bridgehead atoms. The number of carbonyl (C=O) groups excluding carboxylic acids is 1. The summed E-state index contributed by atoms with van der Waals surface area (Å²) >= 11 is 11.8. The van der Waals surface area contributed by atoms with Gasteiger partial charge in [-0.25, -0.2) is 4.39 Å². The van der Waals surface area contributed by atoms with Crippen LogP contribution in [0, 0.1) is 5.82 Å². The number of benzene rings is 2. The molecule has 0 aliphatic heterocycles. The number of halogens is 3. The molecule has 2 rings (SSSR count). The average molecular weight is 326 g/mol. The minimum absolute atomic E-state index is 0.189.